The molecule has 5 nitrogen and oxygen atoms in total. The van der Waals surface area contributed by atoms with Gasteiger partial charge in [0.1, 0.15) is 5.75 Å². The van der Waals surface area contributed by atoms with E-state index in [1.807, 2.05) is 36.5 Å². The standard InChI is InChI=1S/C28H28N4OS/c1-19-17-24(20(2)32(19)22-12-14-23(33-3)15-13-22)27-26(25-11-7-8-16-29-25)30-28(34)31(27)18-21-9-5-4-6-10-21/h4-17,26-27H,18H2,1-3H3,(H,30,34). The van der Waals surface area contributed by atoms with Crippen molar-refractivity contribution in [3.8, 4) is 11.4 Å². The lowest BCUT2D eigenvalue weighted by molar-refractivity contribution is 0.310. The number of benzene rings is 2. The SMILES string of the molecule is COc1ccc(-n2c(C)cc(C3C(c4ccccn4)NC(=S)N3Cc3ccccc3)c2C)cc1. The van der Waals surface area contributed by atoms with Gasteiger partial charge in [-0.1, -0.05) is 36.4 Å². The Balaban J connectivity index is 1.60. The van der Waals surface area contributed by atoms with Gasteiger partial charge in [0.05, 0.1) is 24.9 Å². The van der Waals surface area contributed by atoms with E-state index < -0.39 is 0 Å². The van der Waals surface area contributed by atoms with Crippen LogP contribution in [0.3, 0.4) is 0 Å². The van der Waals surface area contributed by atoms with Crippen LogP contribution in [0.25, 0.3) is 5.69 Å². The van der Waals surface area contributed by atoms with Crippen molar-refractivity contribution < 1.29 is 4.74 Å². The summed E-state index contributed by atoms with van der Waals surface area (Å²) in [6.45, 7) is 5.07. The normalized spacial score (nSPS) is 17.6. The molecule has 34 heavy (non-hydrogen) atoms. The second-order valence-electron chi connectivity index (χ2n) is 8.60. The molecule has 5 rings (SSSR count). The van der Waals surface area contributed by atoms with Gasteiger partial charge in [0.2, 0.25) is 0 Å². The van der Waals surface area contributed by atoms with Gasteiger partial charge in [-0.05, 0) is 79.7 Å². The minimum Gasteiger partial charge on any atom is -0.497 e. The molecule has 2 aromatic carbocycles. The summed E-state index contributed by atoms with van der Waals surface area (Å²) in [7, 11) is 1.69. The number of nitrogens with one attached hydrogen (secondary N) is 1. The summed E-state index contributed by atoms with van der Waals surface area (Å²) in [5.41, 5.74) is 6.93. The smallest absolute Gasteiger partial charge is 0.170 e. The van der Waals surface area contributed by atoms with Crippen molar-refractivity contribution in [1.82, 2.24) is 19.8 Å². The molecular weight excluding hydrogens is 440 g/mol. The molecule has 1 aliphatic heterocycles. The number of hydrogen-bond donors (Lipinski definition) is 1. The molecule has 2 atom stereocenters. The monoisotopic (exact) mass is 468 g/mol. The van der Waals surface area contributed by atoms with Crippen LogP contribution >= 0.6 is 12.2 Å². The molecule has 0 aliphatic carbocycles. The summed E-state index contributed by atoms with van der Waals surface area (Å²) >= 11 is 5.86. The quantitative estimate of drug-likeness (QED) is 0.369. The Bertz CT molecular complexity index is 1290. The summed E-state index contributed by atoms with van der Waals surface area (Å²) in [4.78, 5) is 6.97. The minimum atomic E-state index is -0.0396. The molecule has 1 aliphatic rings. The highest BCUT2D eigenvalue weighted by Gasteiger charge is 2.41. The third-order valence-corrected chi connectivity index (χ3v) is 6.87. The average Bonchev–Trinajstić information content (AvgIpc) is 3.35. The number of rotatable bonds is 6. The second kappa shape index (κ2) is 9.31. The van der Waals surface area contributed by atoms with Crippen molar-refractivity contribution in [3.63, 3.8) is 0 Å². The van der Waals surface area contributed by atoms with E-state index in [2.05, 4.69) is 82.1 Å². The first-order chi connectivity index (χ1) is 16.6. The van der Waals surface area contributed by atoms with Crippen LogP contribution in [-0.2, 0) is 6.54 Å². The number of hydrogen-bond acceptors (Lipinski definition) is 3. The van der Waals surface area contributed by atoms with E-state index in [-0.39, 0.29) is 12.1 Å². The molecule has 3 heterocycles. The second-order valence-corrected chi connectivity index (χ2v) is 8.99. The number of nitrogens with zero attached hydrogens (tertiary/aromatic N) is 3. The van der Waals surface area contributed by atoms with E-state index in [0.717, 1.165) is 28.8 Å². The number of aryl methyl sites for hydroxylation is 1. The molecule has 0 saturated carbocycles. The van der Waals surface area contributed by atoms with E-state index in [1.165, 1.54) is 22.5 Å². The Morgan fingerprint density at radius 1 is 0.971 bits per heavy atom. The van der Waals surface area contributed by atoms with E-state index in [4.69, 9.17) is 17.0 Å². The summed E-state index contributed by atoms with van der Waals surface area (Å²) in [6.07, 6.45) is 1.84. The van der Waals surface area contributed by atoms with E-state index in [0.29, 0.717) is 0 Å². The zero-order valence-electron chi connectivity index (χ0n) is 19.6. The molecular formula is C28H28N4OS. The van der Waals surface area contributed by atoms with Crippen molar-refractivity contribution in [3.05, 3.63) is 113 Å². The largest absolute Gasteiger partial charge is 0.497 e. The van der Waals surface area contributed by atoms with Crippen molar-refractivity contribution in [2.24, 2.45) is 0 Å². The highest BCUT2D eigenvalue weighted by molar-refractivity contribution is 7.80. The maximum Gasteiger partial charge on any atom is 0.170 e. The molecule has 0 bridgehead atoms. The Kier molecular flexibility index (Phi) is 6.07. The zero-order chi connectivity index (χ0) is 23.7. The first-order valence-corrected chi connectivity index (χ1v) is 11.8. The number of methoxy groups -OCH3 is 1. The molecule has 1 saturated heterocycles. The van der Waals surface area contributed by atoms with E-state index in [1.54, 1.807) is 7.11 Å². The maximum atomic E-state index is 5.86. The molecule has 2 aromatic heterocycles. The Labute approximate surface area is 206 Å². The van der Waals surface area contributed by atoms with Crippen LogP contribution in [0.15, 0.2) is 85.1 Å². The van der Waals surface area contributed by atoms with Crippen LogP contribution < -0.4 is 10.1 Å². The molecule has 0 amide bonds. The minimum absolute atomic E-state index is 0.0146. The summed E-state index contributed by atoms with van der Waals surface area (Å²) in [5, 5.41) is 4.32. The topological polar surface area (TPSA) is 42.3 Å². The van der Waals surface area contributed by atoms with Gasteiger partial charge in [-0.25, -0.2) is 0 Å². The van der Waals surface area contributed by atoms with Gasteiger partial charge in [0.15, 0.2) is 5.11 Å². The van der Waals surface area contributed by atoms with Gasteiger partial charge in [0, 0.05) is 29.8 Å². The molecule has 172 valence electrons. The molecule has 4 aromatic rings. The maximum absolute atomic E-state index is 5.86. The van der Waals surface area contributed by atoms with Gasteiger partial charge >= 0.3 is 0 Å². The molecule has 1 fully saturated rings. The molecule has 6 heteroatoms. The highest BCUT2D eigenvalue weighted by Crippen LogP contribution is 2.42. The number of thiocarbonyl (C=S) groups is 1. The average molecular weight is 469 g/mol. The fraction of sp³-hybridized carbons (Fsp3) is 0.214. The molecule has 0 radical (unpaired) electrons. The predicted octanol–water partition coefficient (Wildman–Crippen LogP) is 5.67. The lowest BCUT2D eigenvalue weighted by atomic mass is 9.96. The van der Waals surface area contributed by atoms with Gasteiger partial charge in [-0.3, -0.25) is 4.98 Å². The van der Waals surface area contributed by atoms with Crippen LogP contribution in [-0.4, -0.2) is 26.7 Å². The predicted molar refractivity (Wildman–Crippen MR) is 139 cm³/mol. The number of pyridine rings is 1. The van der Waals surface area contributed by atoms with Gasteiger partial charge < -0.3 is 19.5 Å². The van der Waals surface area contributed by atoms with Crippen LogP contribution in [0.1, 0.15) is 40.3 Å². The van der Waals surface area contributed by atoms with Crippen LogP contribution in [0.5, 0.6) is 5.75 Å². The summed E-state index contributed by atoms with van der Waals surface area (Å²) in [6, 6.07) is 27.0. The first-order valence-electron chi connectivity index (χ1n) is 11.4. The third kappa shape index (κ3) is 4.05. The summed E-state index contributed by atoms with van der Waals surface area (Å²) in [5.74, 6) is 0.848. The van der Waals surface area contributed by atoms with Crippen LogP contribution in [0.2, 0.25) is 0 Å². The number of ether oxygens (including phenoxy) is 1. The Morgan fingerprint density at radius 3 is 2.38 bits per heavy atom. The molecule has 2 unspecified atom stereocenters. The Hall–Kier alpha value is -3.64. The van der Waals surface area contributed by atoms with Crippen molar-refractivity contribution in [2.75, 3.05) is 7.11 Å². The van der Waals surface area contributed by atoms with Crippen LogP contribution in [0.4, 0.5) is 0 Å². The lowest BCUT2D eigenvalue weighted by Crippen LogP contribution is -2.29. The third-order valence-electron chi connectivity index (χ3n) is 6.51. The van der Waals surface area contributed by atoms with E-state index in [9.17, 15) is 0 Å². The van der Waals surface area contributed by atoms with Crippen molar-refractivity contribution in [1.29, 1.82) is 0 Å². The summed E-state index contributed by atoms with van der Waals surface area (Å²) < 4.78 is 7.65. The number of aromatic nitrogens is 2. The highest BCUT2D eigenvalue weighted by atomic mass is 32.1. The fourth-order valence-corrected chi connectivity index (χ4v) is 5.22. The van der Waals surface area contributed by atoms with Gasteiger partial charge in [0.25, 0.3) is 0 Å². The van der Waals surface area contributed by atoms with E-state index >= 15 is 0 Å². The lowest BCUT2D eigenvalue weighted by Gasteiger charge is -2.28. The fourth-order valence-electron chi connectivity index (χ4n) is 4.91. The van der Waals surface area contributed by atoms with Crippen molar-refractivity contribution in [2.45, 2.75) is 32.5 Å². The molecule has 0 spiro atoms. The molecule has 1 N–H and O–H groups in total. The van der Waals surface area contributed by atoms with Crippen molar-refractivity contribution >= 4 is 17.3 Å². The van der Waals surface area contributed by atoms with Crippen LogP contribution in [0, 0.1) is 13.8 Å². The van der Waals surface area contributed by atoms with Gasteiger partial charge in [-0.15, -0.1) is 0 Å². The zero-order valence-corrected chi connectivity index (χ0v) is 20.4. The Morgan fingerprint density at radius 2 is 1.71 bits per heavy atom. The van der Waals surface area contributed by atoms with Gasteiger partial charge in [-0.2, -0.15) is 0 Å². The first kappa shape index (κ1) is 22.2.